The largest absolute Gasteiger partial charge is 0.255 e. The minimum absolute atomic E-state index is 0.574. The van der Waals surface area contributed by atoms with E-state index in [0.29, 0.717) is 5.75 Å². The summed E-state index contributed by atoms with van der Waals surface area (Å²) in [5.41, 5.74) is 1.09. The lowest BCUT2D eigenvalue weighted by Crippen LogP contribution is -1.89. The Kier molecular flexibility index (Phi) is 3.05. The van der Waals surface area contributed by atoms with E-state index in [1.807, 2.05) is 30.3 Å². The molecule has 0 saturated heterocycles. The zero-order valence-electron chi connectivity index (χ0n) is 6.19. The molecule has 0 saturated carbocycles. The van der Waals surface area contributed by atoms with Gasteiger partial charge in [-0.1, -0.05) is 36.9 Å². The first kappa shape index (κ1) is 8.21. The van der Waals surface area contributed by atoms with Gasteiger partial charge in [-0.25, -0.2) is 0 Å². The summed E-state index contributed by atoms with van der Waals surface area (Å²) in [5, 5.41) is 1.47. The first-order valence-electron chi connectivity index (χ1n) is 3.36. The van der Waals surface area contributed by atoms with Gasteiger partial charge in [0.05, 0.1) is 5.75 Å². The molecule has 11 heavy (non-hydrogen) atoms. The van der Waals surface area contributed by atoms with E-state index in [1.54, 1.807) is 0 Å². The molecule has 1 atom stereocenters. The molecule has 58 valence electrons. The molecule has 0 N–H and O–H groups in total. The normalized spacial score (nSPS) is 12.4. The zero-order valence-corrected chi connectivity index (χ0v) is 7.01. The second kappa shape index (κ2) is 4.09. The van der Waals surface area contributed by atoms with Crippen molar-refractivity contribution < 1.29 is 4.21 Å². The maximum absolute atomic E-state index is 11.0. The van der Waals surface area contributed by atoms with Crippen LogP contribution in [0, 0.1) is 0 Å². The van der Waals surface area contributed by atoms with Crippen molar-refractivity contribution in [1.82, 2.24) is 0 Å². The zero-order chi connectivity index (χ0) is 8.10. The van der Waals surface area contributed by atoms with Gasteiger partial charge >= 0.3 is 0 Å². The van der Waals surface area contributed by atoms with Crippen molar-refractivity contribution in [3.8, 4) is 0 Å². The standard InChI is InChI=1S/C9H10OS/c1-2-11(10)8-9-6-4-3-5-7-9/h2-7H,1,8H2/t11-/m1/s1. The van der Waals surface area contributed by atoms with E-state index in [2.05, 4.69) is 6.58 Å². The van der Waals surface area contributed by atoms with Gasteiger partial charge in [0, 0.05) is 10.8 Å². The first-order valence-corrected chi connectivity index (χ1v) is 4.75. The van der Waals surface area contributed by atoms with Crippen LogP contribution < -0.4 is 0 Å². The van der Waals surface area contributed by atoms with Crippen LogP contribution in [-0.4, -0.2) is 4.21 Å². The fourth-order valence-corrected chi connectivity index (χ4v) is 1.44. The van der Waals surface area contributed by atoms with Gasteiger partial charge in [0.2, 0.25) is 0 Å². The third-order valence-electron chi connectivity index (χ3n) is 1.34. The number of rotatable bonds is 3. The van der Waals surface area contributed by atoms with Crippen molar-refractivity contribution in [3.63, 3.8) is 0 Å². The topological polar surface area (TPSA) is 17.1 Å². The van der Waals surface area contributed by atoms with Gasteiger partial charge in [0.1, 0.15) is 0 Å². The Morgan fingerprint density at radius 3 is 2.55 bits per heavy atom. The summed E-state index contributed by atoms with van der Waals surface area (Å²) < 4.78 is 11.0. The van der Waals surface area contributed by atoms with Crippen molar-refractivity contribution in [1.29, 1.82) is 0 Å². The highest BCUT2D eigenvalue weighted by Crippen LogP contribution is 2.02. The summed E-state index contributed by atoms with van der Waals surface area (Å²) in [6, 6.07) is 9.74. The number of benzene rings is 1. The van der Waals surface area contributed by atoms with Crippen LogP contribution in [0.15, 0.2) is 42.3 Å². The molecule has 0 spiro atoms. The van der Waals surface area contributed by atoms with Crippen LogP contribution >= 0.6 is 0 Å². The fourth-order valence-electron chi connectivity index (χ4n) is 0.797. The molecule has 0 bridgehead atoms. The van der Waals surface area contributed by atoms with Crippen LogP contribution in [0.5, 0.6) is 0 Å². The molecular weight excluding hydrogens is 156 g/mol. The molecule has 0 aliphatic rings. The first-order chi connectivity index (χ1) is 5.33. The van der Waals surface area contributed by atoms with Crippen LogP contribution in [-0.2, 0) is 16.6 Å². The van der Waals surface area contributed by atoms with Crippen LogP contribution in [0.1, 0.15) is 5.56 Å². The molecule has 0 amide bonds. The third kappa shape index (κ3) is 2.68. The van der Waals surface area contributed by atoms with E-state index in [9.17, 15) is 4.21 Å². The average Bonchev–Trinajstić information content (AvgIpc) is 2.06. The average molecular weight is 166 g/mol. The predicted octanol–water partition coefficient (Wildman–Crippen LogP) is 2.08. The summed E-state index contributed by atoms with van der Waals surface area (Å²) in [6.45, 7) is 3.46. The maximum atomic E-state index is 11.0. The molecule has 0 heterocycles. The molecule has 0 radical (unpaired) electrons. The highest BCUT2D eigenvalue weighted by Gasteiger charge is 1.94. The van der Waals surface area contributed by atoms with Crippen LogP contribution in [0.4, 0.5) is 0 Å². The minimum atomic E-state index is -0.914. The molecule has 1 aromatic carbocycles. The summed E-state index contributed by atoms with van der Waals surface area (Å²) in [4.78, 5) is 0. The minimum Gasteiger partial charge on any atom is -0.255 e. The van der Waals surface area contributed by atoms with Crippen LogP contribution in [0.3, 0.4) is 0 Å². The Morgan fingerprint density at radius 1 is 1.36 bits per heavy atom. The number of hydrogen-bond acceptors (Lipinski definition) is 1. The molecule has 0 aliphatic heterocycles. The third-order valence-corrected chi connectivity index (χ3v) is 2.33. The van der Waals surface area contributed by atoms with Crippen molar-refractivity contribution >= 4 is 10.8 Å². The van der Waals surface area contributed by atoms with E-state index < -0.39 is 10.8 Å². The Bertz CT molecular complexity index is 254. The van der Waals surface area contributed by atoms with E-state index in [-0.39, 0.29) is 0 Å². The molecular formula is C9H10OS. The quantitative estimate of drug-likeness (QED) is 0.672. The summed E-state index contributed by atoms with van der Waals surface area (Å²) in [5.74, 6) is 0.574. The molecule has 0 aliphatic carbocycles. The molecule has 1 aromatic rings. The van der Waals surface area contributed by atoms with E-state index >= 15 is 0 Å². The SMILES string of the molecule is C=C[S@@](=O)Cc1ccccc1. The Balaban J connectivity index is 2.65. The van der Waals surface area contributed by atoms with E-state index in [0.717, 1.165) is 5.56 Å². The Morgan fingerprint density at radius 2 is 2.00 bits per heavy atom. The molecule has 0 aromatic heterocycles. The Hall–Kier alpha value is -0.890. The van der Waals surface area contributed by atoms with Crippen LogP contribution in [0.25, 0.3) is 0 Å². The molecule has 0 fully saturated rings. The highest BCUT2D eigenvalue weighted by atomic mass is 32.2. The second-order valence-electron chi connectivity index (χ2n) is 2.18. The van der Waals surface area contributed by atoms with E-state index in [1.165, 1.54) is 5.41 Å². The molecule has 1 rings (SSSR count). The Labute approximate surface area is 69.2 Å². The van der Waals surface area contributed by atoms with Gasteiger partial charge in [0.25, 0.3) is 0 Å². The van der Waals surface area contributed by atoms with Gasteiger partial charge in [-0.05, 0) is 11.0 Å². The van der Waals surface area contributed by atoms with Gasteiger partial charge in [-0.15, -0.1) is 0 Å². The molecule has 2 heteroatoms. The summed E-state index contributed by atoms with van der Waals surface area (Å²) in [6.07, 6.45) is 0. The molecule has 0 unspecified atom stereocenters. The number of hydrogen-bond donors (Lipinski definition) is 0. The monoisotopic (exact) mass is 166 g/mol. The smallest absolute Gasteiger partial charge is 0.0526 e. The van der Waals surface area contributed by atoms with Crippen molar-refractivity contribution in [2.24, 2.45) is 0 Å². The van der Waals surface area contributed by atoms with Gasteiger partial charge < -0.3 is 0 Å². The van der Waals surface area contributed by atoms with E-state index in [4.69, 9.17) is 0 Å². The van der Waals surface area contributed by atoms with Gasteiger partial charge in [0.15, 0.2) is 0 Å². The molecule has 1 nitrogen and oxygen atoms in total. The second-order valence-corrected chi connectivity index (χ2v) is 3.56. The van der Waals surface area contributed by atoms with Crippen molar-refractivity contribution in [3.05, 3.63) is 47.9 Å². The lowest BCUT2D eigenvalue weighted by atomic mass is 10.2. The van der Waals surface area contributed by atoms with Gasteiger partial charge in [-0.2, -0.15) is 0 Å². The lowest BCUT2D eigenvalue weighted by Gasteiger charge is -1.95. The van der Waals surface area contributed by atoms with Crippen LogP contribution in [0.2, 0.25) is 0 Å². The van der Waals surface area contributed by atoms with Crippen molar-refractivity contribution in [2.75, 3.05) is 0 Å². The fraction of sp³-hybridized carbons (Fsp3) is 0.111. The maximum Gasteiger partial charge on any atom is 0.0526 e. The predicted molar refractivity (Wildman–Crippen MR) is 48.5 cm³/mol. The summed E-state index contributed by atoms with van der Waals surface area (Å²) in [7, 11) is -0.914. The lowest BCUT2D eigenvalue weighted by molar-refractivity contribution is 0.688. The van der Waals surface area contributed by atoms with Gasteiger partial charge in [-0.3, -0.25) is 4.21 Å². The van der Waals surface area contributed by atoms with Crippen molar-refractivity contribution in [2.45, 2.75) is 5.75 Å². The highest BCUT2D eigenvalue weighted by molar-refractivity contribution is 7.87. The summed E-state index contributed by atoms with van der Waals surface area (Å²) >= 11 is 0.